The van der Waals surface area contributed by atoms with Crippen molar-refractivity contribution in [1.29, 1.82) is 0 Å². The standard InChI is InChI=1S/C11H18O/c1-8(2)6-10-4-5-11(12)7-9(10)3/h4-5,8-9,12H,6-7H2,1-3H3. The minimum absolute atomic E-state index is 0.523. The lowest BCUT2D eigenvalue weighted by Crippen LogP contribution is -2.07. The molecule has 0 heterocycles. The third-order valence-corrected chi connectivity index (χ3v) is 2.28. The van der Waals surface area contributed by atoms with Crippen molar-refractivity contribution in [1.82, 2.24) is 0 Å². The highest BCUT2D eigenvalue weighted by molar-refractivity contribution is 5.23. The average molecular weight is 166 g/mol. The van der Waals surface area contributed by atoms with Crippen molar-refractivity contribution in [3.05, 3.63) is 23.5 Å². The maximum atomic E-state index is 9.25. The number of hydrogen-bond acceptors (Lipinski definition) is 1. The Morgan fingerprint density at radius 2 is 2.17 bits per heavy atom. The summed E-state index contributed by atoms with van der Waals surface area (Å²) in [6, 6.07) is 0. The zero-order chi connectivity index (χ0) is 9.14. The second-order valence-corrected chi connectivity index (χ2v) is 4.10. The normalized spacial score (nSPS) is 23.8. The summed E-state index contributed by atoms with van der Waals surface area (Å²) in [5.41, 5.74) is 1.47. The molecule has 12 heavy (non-hydrogen) atoms. The molecule has 1 N–H and O–H groups in total. The van der Waals surface area contributed by atoms with Crippen LogP contribution in [0.5, 0.6) is 0 Å². The number of hydrogen-bond donors (Lipinski definition) is 1. The summed E-state index contributed by atoms with van der Waals surface area (Å²) in [6.45, 7) is 6.63. The molecule has 0 spiro atoms. The lowest BCUT2D eigenvalue weighted by atomic mass is 9.87. The summed E-state index contributed by atoms with van der Waals surface area (Å²) in [5.74, 6) is 1.76. The van der Waals surface area contributed by atoms with E-state index >= 15 is 0 Å². The summed E-state index contributed by atoms with van der Waals surface area (Å²) in [4.78, 5) is 0. The summed E-state index contributed by atoms with van der Waals surface area (Å²) in [5, 5.41) is 9.25. The second kappa shape index (κ2) is 3.79. The zero-order valence-corrected chi connectivity index (χ0v) is 8.17. The molecule has 0 aliphatic heterocycles. The van der Waals surface area contributed by atoms with Crippen LogP contribution in [0.2, 0.25) is 0 Å². The smallest absolute Gasteiger partial charge is 0.0928 e. The van der Waals surface area contributed by atoms with Crippen LogP contribution in [0.4, 0.5) is 0 Å². The van der Waals surface area contributed by atoms with E-state index < -0.39 is 0 Å². The molecule has 0 amide bonds. The Hall–Kier alpha value is -0.720. The minimum Gasteiger partial charge on any atom is -0.512 e. The summed E-state index contributed by atoms with van der Waals surface area (Å²) in [6.07, 6.45) is 5.88. The van der Waals surface area contributed by atoms with E-state index in [9.17, 15) is 5.11 Å². The summed E-state index contributed by atoms with van der Waals surface area (Å²) in [7, 11) is 0. The van der Waals surface area contributed by atoms with Gasteiger partial charge in [-0.15, -0.1) is 0 Å². The maximum absolute atomic E-state index is 9.25. The number of allylic oxidation sites excluding steroid dienone is 4. The third-order valence-electron chi connectivity index (χ3n) is 2.28. The SMILES string of the molecule is CC(C)CC1=CC=C(O)CC1C. The van der Waals surface area contributed by atoms with Gasteiger partial charge >= 0.3 is 0 Å². The molecular formula is C11H18O. The first-order valence-electron chi connectivity index (χ1n) is 4.68. The molecule has 1 heteroatoms. The van der Waals surface area contributed by atoms with Gasteiger partial charge in [0.25, 0.3) is 0 Å². The topological polar surface area (TPSA) is 20.2 Å². The van der Waals surface area contributed by atoms with Crippen LogP contribution < -0.4 is 0 Å². The zero-order valence-electron chi connectivity index (χ0n) is 8.17. The van der Waals surface area contributed by atoms with Gasteiger partial charge in [0.2, 0.25) is 0 Å². The van der Waals surface area contributed by atoms with Gasteiger partial charge in [-0.25, -0.2) is 0 Å². The lowest BCUT2D eigenvalue weighted by molar-refractivity contribution is 0.360. The van der Waals surface area contributed by atoms with Crippen LogP contribution in [0.1, 0.15) is 33.6 Å². The van der Waals surface area contributed by atoms with Crippen molar-refractivity contribution in [2.75, 3.05) is 0 Å². The van der Waals surface area contributed by atoms with Gasteiger partial charge in [0.15, 0.2) is 0 Å². The Morgan fingerprint density at radius 1 is 1.50 bits per heavy atom. The quantitative estimate of drug-likeness (QED) is 0.666. The first-order chi connectivity index (χ1) is 5.59. The van der Waals surface area contributed by atoms with E-state index in [1.54, 1.807) is 0 Å². The van der Waals surface area contributed by atoms with Gasteiger partial charge in [-0.05, 0) is 24.3 Å². The van der Waals surface area contributed by atoms with E-state index in [-0.39, 0.29) is 0 Å². The van der Waals surface area contributed by atoms with Crippen molar-refractivity contribution < 1.29 is 5.11 Å². The Bertz CT molecular complexity index is 211. The third kappa shape index (κ3) is 2.40. The maximum Gasteiger partial charge on any atom is 0.0928 e. The molecule has 0 saturated carbocycles. The van der Waals surface area contributed by atoms with Gasteiger partial charge in [-0.3, -0.25) is 0 Å². The van der Waals surface area contributed by atoms with Crippen molar-refractivity contribution >= 4 is 0 Å². The molecule has 0 fully saturated rings. The van der Waals surface area contributed by atoms with Gasteiger partial charge in [0.1, 0.15) is 0 Å². The van der Waals surface area contributed by atoms with Crippen LogP contribution in [-0.4, -0.2) is 5.11 Å². The predicted octanol–water partition coefficient (Wildman–Crippen LogP) is 3.44. The molecule has 0 bridgehead atoms. The van der Waals surface area contributed by atoms with E-state index in [1.807, 2.05) is 6.08 Å². The molecule has 0 aromatic heterocycles. The largest absolute Gasteiger partial charge is 0.512 e. The molecule has 0 aromatic carbocycles. The highest BCUT2D eigenvalue weighted by atomic mass is 16.3. The van der Waals surface area contributed by atoms with Crippen LogP contribution in [0, 0.1) is 11.8 Å². The predicted molar refractivity (Wildman–Crippen MR) is 52.0 cm³/mol. The summed E-state index contributed by atoms with van der Waals surface area (Å²) >= 11 is 0. The molecule has 0 radical (unpaired) electrons. The fourth-order valence-corrected chi connectivity index (χ4v) is 1.62. The molecule has 1 unspecified atom stereocenters. The molecule has 1 nitrogen and oxygen atoms in total. The number of aliphatic hydroxyl groups excluding tert-OH is 1. The lowest BCUT2D eigenvalue weighted by Gasteiger charge is -2.20. The molecule has 68 valence electrons. The average Bonchev–Trinajstić information content (AvgIpc) is 1.94. The Labute approximate surface area is 74.8 Å². The Balaban J connectivity index is 2.63. The van der Waals surface area contributed by atoms with Crippen molar-refractivity contribution in [3.8, 4) is 0 Å². The highest BCUT2D eigenvalue weighted by Crippen LogP contribution is 2.27. The van der Waals surface area contributed by atoms with Crippen molar-refractivity contribution in [2.24, 2.45) is 11.8 Å². The molecule has 1 aliphatic rings. The van der Waals surface area contributed by atoms with Gasteiger partial charge in [-0.1, -0.05) is 32.4 Å². The number of rotatable bonds is 2. The van der Waals surface area contributed by atoms with E-state index in [4.69, 9.17) is 0 Å². The first-order valence-corrected chi connectivity index (χ1v) is 4.68. The van der Waals surface area contributed by atoms with Crippen LogP contribution in [0.15, 0.2) is 23.5 Å². The fourth-order valence-electron chi connectivity index (χ4n) is 1.62. The van der Waals surface area contributed by atoms with E-state index in [2.05, 4.69) is 26.8 Å². The molecule has 1 atom stereocenters. The molecule has 1 rings (SSSR count). The van der Waals surface area contributed by atoms with Crippen LogP contribution >= 0.6 is 0 Å². The highest BCUT2D eigenvalue weighted by Gasteiger charge is 2.14. The van der Waals surface area contributed by atoms with Crippen LogP contribution in [0.3, 0.4) is 0 Å². The van der Waals surface area contributed by atoms with Gasteiger partial charge in [0, 0.05) is 6.42 Å². The second-order valence-electron chi connectivity index (χ2n) is 4.10. The van der Waals surface area contributed by atoms with E-state index in [1.165, 1.54) is 5.57 Å². The first kappa shape index (κ1) is 9.37. The Morgan fingerprint density at radius 3 is 2.67 bits per heavy atom. The molecule has 1 aliphatic carbocycles. The van der Waals surface area contributed by atoms with Crippen LogP contribution in [-0.2, 0) is 0 Å². The summed E-state index contributed by atoms with van der Waals surface area (Å²) < 4.78 is 0. The monoisotopic (exact) mass is 166 g/mol. The minimum atomic E-state index is 0.523. The molecule has 0 aromatic rings. The van der Waals surface area contributed by atoms with Crippen molar-refractivity contribution in [3.63, 3.8) is 0 Å². The van der Waals surface area contributed by atoms with Crippen LogP contribution in [0.25, 0.3) is 0 Å². The van der Waals surface area contributed by atoms with Gasteiger partial charge in [0.05, 0.1) is 5.76 Å². The Kier molecular flexibility index (Phi) is 2.96. The van der Waals surface area contributed by atoms with E-state index in [0.717, 1.165) is 12.8 Å². The number of aliphatic hydroxyl groups is 1. The molecular weight excluding hydrogens is 148 g/mol. The fraction of sp³-hybridized carbons (Fsp3) is 0.636. The van der Waals surface area contributed by atoms with E-state index in [0.29, 0.717) is 17.6 Å². The van der Waals surface area contributed by atoms with Gasteiger partial charge < -0.3 is 5.11 Å². The van der Waals surface area contributed by atoms with Crippen molar-refractivity contribution in [2.45, 2.75) is 33.6 Å². The van der Waals surface area contributed by atoms with Gasteiger partial charge in [-0.2, -0.15) is 0 Å². The molecule has 0 saturated heterocycles.